The lowest BCUT2D eigenvalue weighted by molar-refractivity contribution is -0.120. The highest BCUT2D eigenvalue weighted by atomic mass is 16.2. The van der Waals surface area contributed by atoms with E-state index in [1.807, 2.05) is 26.0 Å². The van der Waals surface area contributed by atoms with E-state index in [0.29, 0.717) is 5.56 Å². The molecule has 3 N–H and O–H groups in total. The molecule has 0 unspecified atom stereocenters. The first-order valence-corrected chi connectivity index (χ1v) is 5.89. The highest BCUT2D eigenvalue weighted by molar-refractivity contribution is 6.01. The van der Waals surface area contributed by atoms with E-state index in [4.69, 9.17) is 0 Å². The molecule has 0 aliphatic rings. The lowest BCUT2D eigenvalue weighted by atomic mass is 10.1. The minimum Gasteiger partial charge on any atom is -0.387 e. The molecule has 0 aliphatic heterocycles. The molecule has 0 atom stereocenters. The first-order valence-electron chi connectivity index (χ1n) is 5.89. The Morgan fingerprint density at radius 3 is 2.50 bits per heavy atom. The molecule has 18 heavy (non-hydrogen) atoms. The van der Waals surface area contributed by atoms with Gasteiger partial charge in [-0.3, -0.25) is 9.59 Å². The molecule has 1 aromatic rings. The molecule has 98 valence electrons. The van der Waals surface area contributed by atoms with Crippen LogP contribution < -0.4 is 16.0 Å². The van der Waals surface area contributed by atoms with Gasteiger partial charge in [0.1, 0.15) is 0 Å². The molecule has 0 aliphatic carbocycles. The lowest BCUT2D eigenvalue weighted by Crippen LogP contribution is -2.39. The van der Waals surface area contributed by atoms with E-state index in [9.17, 15) is 9.59 Å². The van der Waals surface area contributed by atoms with Crippen LogP contribution in [0.1, 0.15) is 24.2 Å². The van der Waals surface area contributed by atoms with Crippen LogP contribution >= 0.6 is 0 Å². The average molecular weight is 249 g/mol. The van der Waals surface area contributed by atoms with Crippen LogP contribution in [0, 0.1) is 0 Å². The van der Waals surface area contributed by atoms with Gasteiger partial charge in [0.15, 0.2) is 0 Å². The Bertz CT molecular complexity index is 430. The molecule has 0 aromatic heterocycles. The Kier molecular flexibility index (Phi) is 5.17. The zero-order valence-corrected chi connectivity index (χ0v) is 10.9. The van der Waals surface area contributed by atoms with Crippen LogP contribution in [0.2, 0.25) is 0 Å². The minimum atomic E-state index is -0.265. The van der Waals surface area contributed by atoms with Gasteiger partial charge in [-0.25, -0.2) is 0 Å². The van der Waals surface area contributed by atoms with E-state index < -0.39 is 0 Å². The van der Waals surface area contributed by atoms with E-state index in [0.717, 1.165) is 5.69 Å². The Morgan fingerprint density at radius 2 is 1.89 bits per heavy atom. The summed E-state index contributed by atoms with van der Waals surface area (Å²) in [5.74, 6) is -0.459. The van der Waals surface area contributed by atoms with Gasteiger partial charge in [-0.05, 0) is 26.0 Å². The fourth-order valence-corrected chi connectivity index (χ4v) is 1.53. The Labute approximate surface area is 107 Å². The van der Waals surface area contributed by atoms with Crippen LogP contribution in [0.15, 0.2) is 24.3 Å². The Balaban J connectivity index is 2.58. The van der Waals surface area contributed by atoms with Crippen molar-refractivity contribution in [2.24, 2.45) is 0 Å². The van der Waals surface area contributed by atoms with Crippen molar-refractivity contribution in [3.05, 3.63) is 29.8 Å². The first-order chi connectivity index (χ1) is 8.54. The topological polar surface area (TPSA) is 70.2 Å². The quantitative estimate of drug-likeness (QED) is 0.728. The van der Waals surface area contributed by atoms with Gasteiger partial charge in [0.05, 0.1) is 12.1 Å². The molecular formula is C13H19N3O2. The number of benzene rings is 1. The molecule has 2 amide bonds. The van der Waals surface area contributed by atoms with Crippen LogP contribution in [0.5, 0.6) is 0 Å². The monoisotopic (exact) mass is 249 g/mol. The second-order valence-electron chi connectivity index (χ2n) is 4.20. The van der Waals surface area contributed by atoms with Gasteiger partial charge >= 0.3 is 0 Å². The van der Waals surface area contributed by atoms with Crippen molar-refractivity contribution in [3.8, 4) is 0 Å². The van der Waals surface area contributed by atoms with Crippen LogP contribution in [-0.4, -0.2) is 31.4 Å². The highest BCUT2D eigenvalue weighted by Gasteiger charge is 2.11. The summed E-state index contributed by atoms with van der Waals surface area (Å²) in [6.45, 7) is 3.72. The molecule has 0 saturated carbocycles. The maximum Gasteiger partial charge on any atom is 0.253 e. The van der Waals surface area contributed by atoms with E-state index in [2.05, 4.69) is 16.0 Å². The zero-order chi connectivity index (χ0) is 13.5. The number of hydrogen-bond acceptors (Lipinski definition) is 3. The van der Waals surface area contributed by atoms with Crippen molar-refractivity contribution in [3.63, 3.8) is 0 Å². The molecule has 1 aromatic carbocycles. The Morgan fingerprint density at radius 1 is 1.22 bits per heavy atom. The number of para-hydroxylation sites is 1. The third kappa shape index (κ3) is 4.08. The molecule has 0 spiro atoms. The number of carbonyl (C=O) groups excluding carboxylic acids is 2. The van der Waals surface area contributed by atoms with Crippen LogP contribution in [-0.2, 0) is 4.79 Å². The third-order valence-corrected chi connectivity index (χ3v) is 2.30. The van der Waals surface area contributed by atoms with E-state index >= 15 is 0 Å². The summed E-state index contributed by atoms with van der Waals surface area (Å²) in [4.78, 5) is 23.3. The summed E-state index contributed by atoms with van der Waals surface area (Å²) in [5.41, 5.74) is 1.26. The lowest BCUT2D eigenvalue weighted by Gasteiger charge is -2.11. The van der Waals surface area contributed by atoms with Crippen molar-refractivity contribution in [1.82, 2.24) is 10.6 Å². The number of hydrogen-bond donors (Lipinski definition) is 3. The van der Waals surface area contributed by atoms with Gasteiger partial charge in [0.25, 0.3) is 5.91 Å². The van der Waals surface area contributed by atoms with E-state index in [1.165, 1.54) is 0 Å². The summed E-state index contributed by atoms with van der Waals surface area (Å²) >= 11 is 0. The van der Waals surface area contributed by atoms with Crippen LogP contribution in [0.25, 0.3) is 0 Å². The maximum atomic E-state index is 11.9. The largest absolute Gasteiger partial charge is 0.387 e. The van der Waals surface area contributed by atoms with Gasteiger partial charge in [0.2, 0.25) is 5.91 Å². The molecule has 1 rings (SSSR count). The standard InChI is InChI=1S/C13H19N3O2/c1-9(2)16-12(17)8-15-13(18)10-6-4-5-7-11(10)14-3/h4-7,9,14H,8H2,1-3H3,(H,15,18)(H,16,17). The second-order valence-corrected chi connectivity index (χ2v) is 4.20. The van der Waals surface area contributed by atoms with Crippen molar-refractivity contribution in [1.29, 1.82) is 0 Å². The minimum absolute atomic E-state index is 0.0188. The number of rotatable bonds is 5. The van der Waals surface area contributed by atoms with Crippen molar-refractivity contribution >= 4 is 17.5 Å². The SMILES string of the molecule is CNc1ccccc1C(=O)NCC(=O)NC(C)C. The number of nitrogens with one attached hydrogen (secondary N) is 3. The maximum absolute atomic E-state index is 11.9. The van der Waals surface area contributed by atoms with Crippen molar-refractivity contribution in [2.45, 2.75) is 19.9 Å². The van der Waals surface area contributed by atoms with Gasteiger partial charge in [-0.2, -0.15) is 0 Å². The van der Waals surface area contributed by atoms with Gasteiger partial charge in [0, 0.05) is 18.8 Å². The molecular weight excluding hydrogens is 230 g/mol. The van der Waals surface area contributed by atoms with E-state index in [1.54, 1.807) is 19.2 Å². The highest BCUT2D eigenvalue weighted by Crippen LogP contribution is 2.13. The molecule has 0 radical (unpaired) electrons. The van der Waals surface area contributed by atoms with Gasteiger partial charge < -0.3 is 16.0 Å². The first kappa shape index (κ1) is 14.0. The predicted octanol–water partition coefficient (Wildman–Crippen LogP) is 0.983. The van der Waals surface area contributed by atoms with Crippen molar-refractivity contribution < 1.29 is 9.59 Å². The average Bonchev–Trinajstić information content (AvgIpc) is 2.35. The summed E-state index contributed by atoms with van der Waals surface area (Å²) < 4.78 is 0. The molecule has 0 heterocycles. The summed E-state index contributed by atoms with van der Waals surface area (Å²) in [5, 5.41) is 8.23. The predicted molar refractivity (Wildman–Crippen MR) is 71.6 cm³/mol. The molecule has 0 fully saturated rings. The Hall–Kier alpha value is -2.04. The molecule has 0 bridgehead atoms. The number of anilines is 1. The van der Waals surface area contributed by atoms with Crippen molar-refractivity contribution in [2.75, 3.05) is 18.9 Å². The van der Waals surface area contributed by atoms with Crippen LogP contribution in [0.3, 0.4) is 0 Å². The van der Waals surface area contributed by atoms with Gasteiger partial charge in [-0.1, -0.05) is 12.1 Å². The van der Waals surface area contributed by atoms with Crippen LogP contribution in [0.4, 0.5) is 5.69 Å². The fraction of sp³-hybridized carbons (Fsp3) is 0.385. The third-order valence-electron chi connectivity index (χ3n) is 2.30. The summed E-state index contributed by atoms with van der Waals surface area (Å²) in [7, 11) is 1.75. The fourth-order valence-electron chi connectivity index (χ4n) is 1.53. The van der Waals surface area contributed by atoms with Gasteiger partial charge in [-0.15, -0.1) is 0 Å². The number of amides is 2. The molecule has 5 nitrogen and oxygen atoms in total. The second kappa shape index (κ2) is 6.64. The number of carbonyl (C=O) groups is 2. The summed E-state index contributed by atoms with van der Waals surface area (Å²) in [6.07, 6.45) is 0. The normalized spacial score (nSPS) is 10.0. The van der Waals surface area contributed by atoms with E-state index in [-0.39, 0.29) is 24.4 Å². The smallest absolute Gasteiger partial charge is 0.253 e. The molecule has 0 saturated heterocycles. The molecule has 5 heteroatoms. The summed E-state index contributed by atoms with van der Waals surface area (Å²) in [6, 6.07) is 7.21. The zero-order valence-electron chi connectivity index (χ0n) is 10.9.